The number of hydrogen-bond acceptors (Lipinski definition) is 3. The Bertz CT molecular complexity index is 298. The molecule has 0 aliphatic carbocycles. The third kappa shape index (κ3) is 2.21. The predicted molar refractivity (Wildman–Crippen MR) is 51.8 cm³/mol. The molecule has 74 valence electrons. The maximum atomic E-state index is 9.31. The molecule has 0 spiro atoms. The van der Waals surface area contributed by atoms with Crippen LogP contribution in [0.3, 0.4) is 0 Å². The van der Waals surface area contributed by atoms with E-state index >= 15 is 0 Å². The Hall–Kier alpha value is -0.580. The number of halogens is 1. The number of aliphatic hydroxyl groups excluding tert-OH is 1. The van der Waals surface area contributed by atoms with Crippen molar-refractivity contribution < 1.29 is 5.11 Å². The van der Waals surface area contributed by atoms with Crippen LogP contribution < -0.4 is 5.73 Å². The lowest BCUT2D eigenvalue weighted by Crippen LogP contribution is -2.26. The highest BCUT2D eigenvalue weighted by Crippen LogP contribution is 2.18. The summed E-state index contributed by atoms with van der Waals surface area (Å²) < 4.78 is 1.68. The molecule has 1 atom stereocenters. The van der Waals surface area contributed by atoms with Gasteiger partial charge in [-0.2, -0.15) is 5.10 Å². The van der Waals surface area contributed by atoms with E-state index in [0.717, 1.165) is 11.4 Å². The predicted octanol–water partition coefficient (Wildman–Crippen LogP) is 0.473. The SMILES string of the molecule is Cc1nn(CC(O)CN)c(C)c1Cl. The molecule has 5 heteroatoms. The van der Waals surface area contributed by atoms with Crippen LogP contribution in [0.5, 0.6) is 0 Å². The summed E-state index contributed by atoms with van der Waals surface area (Å²) in [4.78, 5) is 0. The number of nitrogens with zero attached hydrogens (tertiary/aromatic N) is 2. The summed E-state index contributed by atoms with van der Waals surface area (Å²) in [6.07, 6.45) is -0.561. The number of hydrogen-bond donors (Lipinski definition) is 2. The summed E-state index contributed by atoms with van der Waals surface area (Å²) in [5, 5.41) is 14.1. The smallest absolute Gasteiger partial charge is 0.0858 e. The summed E-state index contributed by atoms with van der Waals surface area (Å²) in [5.74, 6) is 0. The normalized spacial score (nSPS) is 13.3. The van der Waals surface area contributed by atoms with Gasteiger partial charge in [0.1, 0.15) is 0 Å². The van der Waals surface area contributed by atoms with Gasteiger partial charge in [-0.05, 0) is 13.8 Å². The average molecular weight is 204 g/mol. The summed E-state index contributed by atoms with van der Waals surface area (Å²) >= 11 is 5.93. The van der Waals surface area contributed by atoms with Crippen molar-refractivity contribution in [3.05, 3.63) is 16.4 Å². The molecule has 13 heavy (non-hydrogen) atoms. The number of rotatable bonds is 3. The molecule has 0 radical (unpaired) electrons. The molecule has 1 heterocycles. The zero-order chi connectivity index (χ0) is 10.0. The van der Waals surface area contributed by atoms with Crippen molar-refractivity contribution in [2.75, 3.05) is 6.54 Å². The molecule has 1 aromatic heterocycles. The minimum atomic E-state index is -0.561. The van der Waals surface area contributed by atoms with Crippen molar-refractivity contribution >= 4 is 11.6 Å². The Morgan fingerprint density at radius 1 is 1.62 bits per heavy atom. The molecule has 1 unspecified atom stereocenters. The lowest BCUT2D eigenvalue weighted by Gasteiger charge is -2.08. The minimum Gasteiger partial charge on any atom is -0.390 e. The topological polar surface area (TPSA) is 64.1 Å². The van der Waals surface area contributed by atoms with E-state index in [-0.39, 0.29) is 6.54 Å². The van der Waals surface area contributed by atoms with Crippen molar-refractivity contribution in [3.8, 4) is 0 Å². The molecule has 0 saturated carbocycles. The molecular formula is C8H14ClN3O. The fraction of sp³-hybridized carbons (Fsp3) is 0.625. The van der Waals surface area contributed by atoms with E-state index in [1.165, 1.54) is 0 Å². The van der Waals surface area contributed by atoms with Crippen molar-refractivity contribution in [1.29, 1.82) is 0 Å². The number of aryl methyl sites for hydroxylation is 1. The van der Waals surface area contributed by atoms with Gasteiger partial charge in [0, 0.05) is 6.54 Å². The average Bonchev–Trinajstić information content (AvgIpc) is 2.34. The quantitative estimate of drug-likeness (QED) is 0.751. The molecule has 1 aromatic rings. The van der Waals surface area contributed by atoms with Crippen LogP contribution in [0.4, 0.5) is 0 Å². The Morgan fingerprint density at radius 2 is 2.23 bits per heavy atom. The first-order valence-electron chi connectivity index (χ1n) is 4.14. The van der Waals surface area contributed by atoms with Crippen LogP contribution >= 0.6 is 11.6 Å². The second-order valence-electron chi connectivity index (χ2n) is 3.06. The molecule has 0 saturated heterocycles. The van der Waals surface area contributed by atoms with E-state index in [1.807, 2.05) is 13.8 Å². The zero-order valence-electron chi connectivity index (χ0n) is 7.79. The van der Waals surface area contributed by atoms with E-state index in [0.29, 0.717) is 11.6 Å². The van der Waals surface area contributed by atoms with Crippen molar-refractivity contribution in [3.63, 3.8) is 0 Å². The Labute approximate surface area is 82.3 Å². The van der Waals surface area contributed by atoms with Crippen LogP contribution in [0.1, 0.15) is 11.4 Å². The highest BCUT2D eigenvalue weighted by Gasteiger charge is 2.11. The standard InChI is InChI=1S/C8H14ClN3O/c1-5-8(9)6(2)12(11-5)4-7(13)3-10/h7,13H,3-4,10H2,1-2H3. The number of nitrogens with two attached hydrogens (primary N) is 1. The molecule has 0 amide bonds. The Morgan fingerprint density at radius 3 is 2.62 bits per heavy atom. The zero-order valence-corrected chi connectivity index (χ0v) is 8.54. The second kappa shape index (κ2) is 4.09. The lowest BCUT2D eigenvalue weighted by atomic mass is 10.3. The highest BCUT2D eigenvalue weighted by molar-refractivity contribution is 6.31. The van der Waals surface area contributed by atoms with Gasteiger partial charge in [0.15, 0.2) is 0 Å². The van der Waals surface area contributed by atoms with E-state index in [9.17, 15) is 5.11 Å². The summed E-state index contributed by atoms with van der Waals surface area (Å²) in [5.41, 5.74) is 6.94. The molecule has 4 nitrogen and oxygen atoms in total. The van der Waals surface area contributed by atoms with Crippen molar-refractivity contribution in [1.82, 2.24) is 9.78 Å². The molecule has 1 rings (SSSR count). The van der Waals surface area contributed by atoms with Gasteiger partial charge in [0.05, 0.1) is 29.1 Å². The number of aliphatic hydroxyl groups is 1. The minimum absolute atomic E-state index is 0.232. The van der Waals surface area contributed by atoms with Gasteiger partial charge in [-0.1, -0.05) is 11.6 Å². The van der Waals surface area contributed by atoms with Gasteiger partial charge in [-0.15, -0.1) is 0 Å². The molecule has 0 aliphatic rings. The highest BCUT2D eigenvalue weighted by atomic mass is 35.5. The largest absolute Gasteiger partial charge is 0.390 e. The maximum absolute atomic E-state index is 9.31. The van der Waals surface area contributed by atoms with E-state index in [1.54, 1.807) is 4.68 Å². The van der Waals surface area contributed by atoms with Crippen LogP contribution in [-0.2, 0) is 6.54 Å². The maximum Gasteiger partial charge on any atom is 0.0858 e. The molecule has 0 fully saturated rings. The summed E-state index contributed by atoms with van der Waals surface area (Å²) in [6, 6.07) is 0. The van der Waals surface area contributed by atoms with Gasteiger partial charge in [-0.25, -0.2) is 0 Å². The van der Waals surface area contributed by atoms with Crippen LogP contribution in [0.15, 0.2) is 0 Å². The van der Waals surface area contributed by atoms with E-state index in [2.05, 4.69) is 5.10 Å². The van der Waals surface area contributed by atoms with Gasteiger partial charge in [0.2, 0.25) is 0 Å². The van der Waals surface area contributed by atoms with Gasteiger partial charge >= 0.3 is 0 Å². The Balaban J connectivity index is 2.83. The molecule has 0 aromatic carbocycles. The molecular weight excluding hydrogens is 190 g/mol. The van der Waals surface area contributed by atoms with Crippen LogP contribution in [0, 0.1) is 13.8 Å². The lowest BCUT2D eigenvalue weighted by molar-refractivity contribution is 0.156. The van der Waals surface area contributed by atoms with Crippen molar-refractivity contribution in [2.24, 2.45) is 5.73 Å². The van der Waals surface area contributed by atoms with E-state index < -0.39 is 6.10 Å². The molecule has 0 aliphatic heterocycles. The number of aromatic nitrogens is 2. The van der Waals surface area contributed by atoms with Gasteiger partial charge < -0.3 is 10.8 Å². The third-order valence-corrected chi connectivity index (χ3v) is 2.50. The third-order valence-electron chi connectivity index (χ3n) is 1.95. The first kappa shape index (κ1) is 10.5. The van der Waals surface area contributed by atoms with Crippen molar-refractivity contribution in [2.45, 2.75) is 26.5 Å². The Kier molecular flexibility index (Phi) is 3.30. The van der Waals surface area contributed by atoms with Crippen LogP contribution in [0.25, 0.3) is 0 Å². The monoisotopic (exact) mass is 203 g/mol. The van der Waals surface area contributed by atoms with Gasteiger partial charge in [0.25, 0.3) is 0 Å². The first-order valence-corrected chi connectivity index (χ1v) is 4.51. The molecule has 3 N–H and O–H groups in total. The summed E-state index contributed by atoms with van der Waals surface area (Å²) in [7, 11) is 0. The first-order chi connectivity index (χ1) is 6.06. The fourth-order valence-electron chi connectivity index (χ4n) is 1.13. The van der Waals surface area contributed by atoms with E-state index in [4.69, 9.17) is 17.3 Å². The second-order valence-corrected chi connectivity index (χ2v) is 3.43. The van der Waals surface area contributed by atoms with Crippen LogP contribution in [-0.4, -0.2) is 27.5 Å². The summed E-state index contributed by atoms with van der Waals surface area (Å²) in [6.45, 7) is 4.33. The van der Waals surface area contributed by atoms with Crippen LogP contribution in [0.2, 0.25) is 5.02 Å². The fourth-order valence-corrected chi connectivity index (χ4v) is 1.26. The van der Waals surface area contributed by atoms with Gasteiger partial charge in [-0.3, -0.25) is 4.68 Å². The molecule has 0 bridgehead atoms.